The molecule has 0 saturated carbocycles. The highest BCUT2D eigenvalue weighted by atomic mass is 16.3. The van der Waals surface area contributed by atoms with Gasteiger partial charge in [0.1, 0.15) is 16.8 Å². The molecule has 50 heavy (non-hydrogen) atoms. The van der Waals surface area contributed by atoms with E-state index in [9.17, 15) is 0 Å². The van der Waals surface area contributed by atoms with Crippen molar-refractivity contribution in [3.63, 3.8) is 0 Å². The van der Waals surface area contributed by atoms with Gasteiger partial charge in [0.2, 0.25) is 0 Å². The Labute approximate surface area is 293 Å². The molecule has 244 valence electrons. The van der Waals surface area contributed by atoms with Crippen LogP contribution in [0.2, 0.25) is 0 Å². The first-order valence-corrected chi connectivity index (χ1v) is 18.1. The Morgan fingerprint density at radius 3 is 1.76 bits per heavy atom. The van der Waals surface area contributed by atoms with Crippen LogP contribution in [0.15, 0.2) is 120 Å². The summed E-state index contributed by atoms with van der Waals surface area (Å²) in [5.74, 6) is 2.31. The second kappa shape index (κ2) is 10.5. The van der Waals surface area contributed by atoms with Gasteiger partial charge in [-0.1, -0.05) is 119 Å². The molecule has 0 atom stereocenters. The number of hydrogen-bond acceptors (Lipinski definition) is 1. The monoisotopic (exact) mass is 649 g/mol. The van der Waals surface area contributed by atoms with Crippen molar-refractivity contribution in [2.24, 2.45) is 7.05 Å². The zero-order chi connectivity index (χ0) is 34.0. The minimum Gasteiger partial charge on any atom is -0.455 e. The summed E-state index contributed by atoms with van der Waals surface area (Å²) in [7, 11) is 2.22. The van der Waals surface area contributed by atoms with Gasteiger partial charge in [0, 0.05) is 33.7 Å². The third-order valence-corrected chi connectivity index (χ3v) is 11.7. The number of benzene rings is 6. The Kier molecular flexibility index (Phi) is 6.22. The lowest BCUT2D eigenvalue weighted by molar-refractivity contribution is -0.633. The first-order valence-electron chi connectivity index (χ1n) is 18.1. The lowest BCUT2D eigenvalue weighted by atomic mass is 9.61. The number of rotatable bonds is 4. The summed E-state index contributed by atoms with van der Waals surface area (Å²) >= 11 is 0. The van der Waals surface area contributed by atoms with Crippen molar-refractivity contribution in [2.45, 2.75) is 58.3 Å². The van der Waals surface area contributed by atoms with Gasteiger partial charge in [-0.2, -0.15) is 4.57 Å². The SMILES string of the molecule is Cc1ccc2c(oc3cc4c(cc32)C2c3ccccc3C4c3ccccc32)c1-c1n(-c2c(C(C)C)cccc2C(C)C)c2ccccc2[n+]1C. The average Bonchev–Trinajstić information content (AvgIpc) is 3.63. The molecule has 0 amide bonds. The van der Waals surface area contributed by atoms with Crippen molar-refractivity contribution < 1.29 is 8.98 Å². The largest absolute Gasteiger partial charge is 0.455 e. The summed E-state index contributed by atoms with van der Waals surface area (Å²) in [5, 5.41) is 2.36. The van der Waals surface area contributed by atoms with E-state index in [4.69, 9.17) is 4.42 Å². The molecular weight excluding hydrogens is 609 g/mol. The van der Waals surface area contributed by atoms with Crippen LogP contribution in [0.3, 0.4) is 0 Å². The van der Waals surface area contributed by atoms with Crippen LogP contribution in [0, 0.1) is 6.92 Å². The van der Waals surface area contributed by atoms with Crippen LogP contribution in [0.4, 0.5) is 0 Å². The third kappa shape index (κ3) is 3.84. The van der Waals surface area contributed by atoms with E-state index < -0.39 is 0 Å². The molecule has 0 spiro atoms. The Balaban J connectivity index is 1.29. The number of nitrogens with zero attached hydrogens (tertiary/aromatic N) is 2. The number of hydrogen-bond donors (Lipinski definition) is 0. The zero-order valence-corrected chi connectivity index (χ0v) is 29.6. The molecule has 2 heterocycles. The summed E-state index contributed by atoms with van der Waals surface area (Å²) in [5.41, 5.74) is 19.2. The van der Waals surface area contributed by atoms with Gasteiger partial charge in [0.15, 0.2) is 16.6 Å². The quantitative estimate of drug-likeness (QED) is 0.174. The minimum atomic E-state index is 0.212. The topological polar surface area (TPSA) is 21.9 Å². The molecule has 2 aromatic heterocycles. The summed E-state index contributed by atoms with van der Waals surface area (Å²) in [6.45, 7) is 11.5. The van der Waals surface area contributed by atoms with Gasteiger partial charge in [-0.3, -0.25) is 0 Å². The van der Waals surface area contributed by atoms with Crippen molar-refractivity contribution in [2.75, 3.05) is 0 Å². The number of aryl methyl sites for hydroxylation is 2. The fourth-order valence-corrected chi connectivity index (χ4v) is 9.46. The van der Waals surface area contributed by atoms with E-state index in [0.29, 0.717) is 11.8 Å². The maximum absolute atomic E-state index is 7.14. The van der Waals surface area contributed by atoms with E-state index >= 15 is 0 Å². The molecule has 2 bridgehead atoms. The van der Waals surface area contributed by atoms with E-state index in [1.807, 2.05) is 0 Å². The molecule has 0 radical (unpaired) electrons. The standard InChI is InChI=1S/C47H41N2O/c1-26(2)29-18-13-19-30(27(3)4)45(29)49-40-21-12-11-20-39(40)48(6)47(49)42-28(5)22-23-35-36-24-37-38(25-41(36)50-46(35)42)44-33-16-9-7-14-31(33)43(37)32-15-8-10-17-34(32)44/h7-27,43-44H,1-6H3/q+1. The van der Waals surface area contributed by atoms with Gasteiger partial charge in [0.05, 0.1) is 7.05 Å². The van der Waals surface area contributed by atoms with E-state index in [2.05, 4.69) is 166 Å². The molecular formula is C47H41N2O+. The van der Waals surface area contributed by atoms with Crippen LogP contribution in [0.1, 0.15) is 101 Å². The number of para-hydroxylation sites is 3. The Hall–Kier alpha value is -5.41. The van der Waals surface area contributed by atoms with Crippen molar-refractivity contribution >= 4 is 33.0 Å². The molecule has 0 fully saturated rings. The molecule has 0 unspecified atom stereocenters. The van der Waals surface area contributed by atoms with Crippen LogP contribution in [0.25, 0.3) is 50.0 Å². The maximum atomic E-state index is 7.14. The van der Waals surface area contributed by atoms with Crippen LogP contribution in [0.5, 0.6) is 0 Å². The highest BCUT2D eigenvalue weighted by molar-refractivity contribution is 6.10. The van der Waals surface area contributed by atoms with Crippen molar-refractivity contribution in [3.8, 4) is 17.1 Å². The zero-order valence-electron chi connectivity index (χ0n) is 29.6. The summed E-state index contributed by atoms with van der Waals surface area (Å²) in [4.78, 5) is 0. The van der Waals surface area contributed by atoms with Gasteiger partial charge in [-0.15, -0.1) is 0 Å². The number of imidazole rings is 1. The van der Waals surface area contributed by atoms with Crippen molar-refractivity contribution in [1.29, 1.82) is 0 Å². The fourth-order valence-electron chi connectivity index (χ4n) is 9.46. The fraction of sp³-hybridized carbons (Fsp3) is 0.213. The van der Waals surface area contributed by atoms with E-state index in [1.54, 1.807) is 0 Å². The second-order valence-electron chi connectivity index (χ2n) is 15.1. The molecule has 11 rings (SSSR count). The smallest absolute Gasteiger partial charge is 0.299 e. The van der Waals surface area contributed by atoms with E-state index in [1.165, 1.54) is 77.6 Å². The van der Waals surface area contributed by atoms with Gasteiger partial charge in [-0.25, -0.2) is 4.57 Å². The molecule has 0 N–H and O–H groups in total. The molecule has 6 aromatic carbocycles. The number of furan rings is 1. The lowest BCUT2D eigenvalue weighted by Gasteiger charge is -2.42. The molecule has 0 saturated heterocycles. The second-order valence-corrected chi connectivity index (χ2v) is 15.1. The highest BCUT2D eigenvalue weighted by Crippen LogP contribution is 2.57. The number of aromatic nitrogens is 2. The van der Waals surface area contributed by atoms with Crippen LogP contribution in [-0.2, 0) is 7.05 Å². The Bertz CT molecular complexity index is 2630. The molecule has 3 heteroatoms. The lowest BCUT2D eigenvalue weighted by Crippen LogP contribution is -2.30. The van der Waals surface area contributed by atoms with Gasteiger partial charge < -0.3 is 4.42 Å². The summed E-state index contributed by atoms with van der Waals surface area (Å²) in [6.07, 6.45) is 0. The number of fused-ring (bicyclic) bond motifs is 4. The van der Waals surface area contributed by atoms with Gasteiger partial charge >= 0.3 is 0 Å². The first-order chi connectivity index (χ1) is 24.3. The normalized spacial score (nSPS) is 16.2. The van der Waals surface area contributed by atoms with Crippen LogP contribution < -0.4 is 4.57 Å². The van der Waals surface area contributed by atoms with Crippen molar-refractivity contribution in [3.05, 3.63) is 165 Å². The predicted molar refractivity (Wildman–Crippen MR) is 205 cm³/mol. The third-order valence-electron chi connectivity index (χ3n) is 11.7. The first kappa shape index (κ1) is 29.5. The Morgan fingerprint density at radius 2 is 1.16 bits per heavy atom. The van der Waals surface area contributed by atoms with Crippen LogP contribution >= 0.6 is 0 Å². The summed E-state index contributed by atoms with van der Waals surface area (Å²) in [6, 6.07) is 43.2. The predicted octanol–water partition coefficient (Wildman–Crippen LogP) is 11.6. The van der Waals surface area contributed by atoms with Crippen molar-refractivity contribution in [1.82, 2.24) is 4.57 Å². The van der Waals surface area contributed by atoms with Gasteiger partial charge in [-0.05, 0) is 82.0 Å². The van der Waals surface area contributed by atoms with E-state index in [-0.39, 0.29) is 11.8 Å². The molecule has 3 aliphatic rings. The molecule has 8 aromatic rings. The van der Waals surface area contributed by atoms with Gasteiger partial charge in [0.25, 0.3) is 5.82 Å². The molecule has 3 nitrogen and oxygen atoms in total. The molecule has 3 aliphatic carbocycles. The Morgan fingerprint density at radius 1 is 0.600 bits per heavy atom. The minimum absolute atomic E-state index is 0.212. The highest BCUT2D eigenvalue weighted by Gasteiger charge is 2.42. The summed E-state index contributed by atoms with van der Waals surface area (Å²) < 4.78 is 12.1. The average molecular weight is 650 g/mol. The molecule has 0 aliphatic heterocycles. The maximum Gasteiger partial charge on any atom is 0.299 e. The van der Waals surface area contributed by atoms with Crippen LogP contribution in [-0.4, -0.2) is 4.57 Å². The van der Waals surface area contributed by atoms with E-state index in [0.717, 1.165) is 22.6 Å².